The summed E-state index contributed by atoms with van der Waals surface area (Å²) in [5.74, 6) is -0.251. The smallest absolute Gasteiger partial charge is 0.435 e. The number of amides is 3. The molecule has 0 aliphatic carbocycles. The molecule has 0 saturated heterocycles. The molecule has 0 spiro atoms. The van der Waals surface area contributed by atoms with Crippen LogP contribution in [0.4, 0.5) is 23.7 Å². The van der Waals surface area contributed by atoms with Crippen LogP contribution in [0.2, 0.25) is 0 Å². The van der Waals surface area contributed by atoms with Crippen LogP contribution in [0.3, 0.4) is 0 Å². The van der Waals surface area contributed by atoms with E-state index in [1.165, 1.54) is 7.05 Å². The summed E-state index contributed by atoms with van der Waals surface area (Å²) >= 11 is 0. The van der Waals surface area contributed by atoms with Crippen molar-refractivity contribution in [2.75, 3.05) is 25.0 Å². The van der Waals surface area contributed by atoms with Gasteiger partial charge in [0.15, 0.2) is 5.69 Å². The van der Waals surface area contributed by atoms with Gasteiger partial charge in [-0.2, -0.15) is 18.3 Å². The van der Waals surface area contributed by atoms with E-state index in [2.05, 4.69) is 21.0 Å². The number of hydrogen-bond acceptors (Lipinski definition) is 4. The fourth-order valence-corrected chi connectivity index (χ4v) is 2.29. The van der Waals surface area contributed by atoms with Crippen LogP contribution in [0.15, 0.2) is 30.5 Å². The van der Waals surface area contributed by atoms with Gasteiger partial charge in [-0.15, -0.1) is 0 Å². The molecule has 152 valence electrons. The number of hydrogen-bond donors (Lipinski definition) is 3. The molecule has 0 radical (unpaired) electrons. The molecule has 11 heteroatoms. The van der Waals surface area contributed by atoms with Gasteiger partial charge in [0.05, 0.1) is 12.2 Å². The molecular weight excluding hydrogens is 379 g/mol. The van der Waals surface area contributed by atoms with E-state index in [4.69, 9.17) is 4.74 Å². The molecule has 0 unspecified atom stereocenters. The van der Waals surface area contributed by atoms with Gasteiger partial charge in [-0.05, 0) is 31.2 Å². The summed E-state index contributed by atoms with van der Waals surface area (Å²) < 4.78 is 44.8. The fraction of sp³-hybridized carbons (Fsp3) is 0.353. The van der Waals surface area contributed by atoms with E-state index in [9.17, 15) is 22.8 Å². The van der Waals surface area contributed by atoms with Crippen molar-refractivity contribution in [3.63, 3.8) is 0 Å². The minimum absolute atomic E-state index is 0.0240. The van der Waals surface area contributed by atoms with Crippen molar-refractivity contribution in [2.45, 2.75) is 13.1 Å². The van der Waals surface area contributed by atoms with Gasteiger partial charge in [-0.3, -0.25) is 9.48 Å². The summed E-state index contributed by atoms with van der Waals surface area (Å²) in [7, 11) is 1.29. The van der Waals surface area contributed by atoms with Crippen LogP contribution in [-0.4, -0.2) is 41.4 Å². The summed E-state index contributed by atoms with van der Waals surface area (Å²) in [5.41, 5.74) is -1.29. The summed E-state index contributed by atoms with van der Waals surface area (Å²) in [4.78, 5) is 23.7. The molecule has 1 aromatic heterocycles. The summed E-state index contributed by atoms with van der Waals surface area (Å²) in [6, 6.07) is 6.20. The second-order valence-corrected chi connectivity index (χ2v) is 5.66. The maximum Gasteiger partial charge on any atom is 0.435 e. The van der Waals surface area contributed by atoms with E-state index in [1.54, 1.807) is 24.3 Å². The first-order valence-corrected chi connectivity index (χ1v) is 8.37. The zero-order valence-corrected chi connectivity index (χ0v) is 15.3. The van der Waals surface area contributed by atoms with Crippen molar-refractivity contribution in [3.05, 3.63) is 41.7 Å². The van der Waals surface area contributed by atoms with E-state index >= 15 is 0 Å². The first-order valence-electron chi connectivity index (χ1n) is 8.37. The number of nitrogens with zero attached hydrogens (tertiary/aromatic N) is 2. The Morgan fingerprint density at radius 1 is 1.14 bits per heavy atom. The quantitative estimate of drug-likeness (QED) is 0.623. The molecule has 1 heterocycles. The average Bonchev–Trinajstić information content (AvgIpc) is 3.03. The van der Waals surface area contributed by atoms with Crippen LogP contribution in [-0.2, 0) is 13.2 Å². The normalized spacial score (nSPS) is 11.0. The predicted octanol–water partition coefficient (Wildman–Crippen LogP) is 2.39. The lowest BCUT2D eigenvalue weighted by atomic mass is 10.2. The van der Waals surface area contributed by atoms with E-state index in [0.717, 1.165) is 10.9 Å². The van der Waals surface area contributed by atoms with E-state index in [-0.39, 0.29) is 13.1 Å². The minimum atomic E-state index is -4.73. The third kappa shape index (κ3) is 5.89. The van der Waals surface area contributed by atoms with Crippen molar-refractivity contribution in [3.8, 4) is 5.75 Å². The molecule has 0 atom stereocenters. The van der Waals surface area contributed by atoms with Crippen LogP contribution >= 0.6 is 0 Å². The zero-order valence-electron chi connectivity index (χ0n) is 15.3. The Labute approximate surface area is 159 Å². The maximum atomic E-state index is 12.9. The number of carbonyl (C=O) groups is 2. The monoisotopic (exact) mass is 399 g/mol. The molecule has 3 N–H and O–H groups in total. The zero-order chi connectivity index (χ0) is 20.7. The van der Waals surface area contributed by atoms with Crippen molar-refractivity contribution in [2.24, 2.45) is 7.05 Å². The Hall–Kier alpha value is -3.24. The highest BCUT2D eigenvalue weighted by atomic mass is 19.4. The second kappa shape index (κ2) is 9.11. The molecule has 28 heavy (non-hydrogen) atoms. The SMILES string of the molecule is CCOc1ccc(NC(=O)NCCNC(=O)c2cn(C)nc2C(F)(F)F)cc1. The number of nitrogens with one attached hydrogen (secondary N) is 3. The highest BCUT2D eigenvalue weighted by Gasteiger charge is 2.38. The van der Waals surface area contributed by atoms with Gasteiger partial charge < -0.3 is 20.7 Å². The van der Waals surface area contributed by atoms with Gasteiger partial charge in [-0.1, -0.05) is 0 Å². The van der Waals surface area contributed by atoms with Crippen LogP contribution in [0, 0.1) is 0 Å². The van der Waals surface area contributed by atoms with Gasteiger partial charge in [0, 0.05) is 32.0 Å². The summed E-state index contributed by atoms with van der Waals surface area (Å²) in [5, 5.41) is 10.7. The number of ether oxygens (including phenoxy) is 1. The van der Waals surface area contributed by atoms with Gasteiger partial charge in [0.25, 0.3) is 5.91 Å². The van der Waals surface area contributed by atoms with Crippen LogP contribution in [0.5, 0.6) is 5.75 Å². The lowest BCUT2D eigenvalue weighted by Gasteiger charge is -2.10. The molecule has 0 aliphatic rings. The Balaban J connectivity index is 1.78. The molecule has 8 nitrogen and oxygen atoms in total. The van der Waals surface area contributed by atoms with E-state index < -0.39 is 29.4 Å². The highest BCUT2D eigenvalue weighted by Crippen LogP contribution is 2.30. The Morgan fingerprint density at radius 2 is 1.79 bits per heavy atom. The van der Waals surface area contributed by atoms with Crippen molar-refractivity contribution >= 4 is 17.6 Å². The molecule has 3 amide bonds. The van der Waals surface area contributed by atoms with E-state index in [1.807, 2.05) is 6.92 Å². The predicted molar refractivity (Wildman–Crippen MR) is 95.2 cm³/mol. The van der Waals surface area contributed by atoms with Crippen molar-refractivity contribution < 1.29 is 27.5 Å². The van der Waals surface area contributed by atoms with E-state index in [0.29, 0.717) is 18.0 Å². The Morgan fingerprint density at radius 3 is 2.39 bits per heavy atom. The standard InChI is InChI=1S/C17H20F3N5O3/c1-3-28-12-6-4-11(5-7-12)23-16(27)22-9-8-21-15(26)13-10-25(2)24-14(13)17(18,19)20/h4-7,10H,3,8-9H2,1-2H3,(H,21,26)(H2,22,23,27). The van der Waals surface area contributed by atoms with Gasteiger partial charge in [0.1, 0.15) is 5.75 Å². The Kier molecular flexibility index (Phi) is 6.85. The molecular formula is C17H20F3N5O3. The van der Waals surface area contributed by atoms with Crippen LogP contribution < -0.4 is 20.7 Å². The lowest BCUT2D eigenvalue weighted by molar-refractivity contribution is -0.141. The summed E-state index contributed by atoms with van der Waals surface area (Å²) in [6.45, 7) is 2.36. The van der Waals surface area contributed by atoms with Crippen molar-refractivity contribution in [1.82, 2.24) is 20.4 Å². The fourth-order valence-electron chi connectivity index (χ4n) is 2.29. The minimum Gasteiger partial charge on any atom is -0.494 e. The number of aryl methyl sites for hydroxylation is 1. The van der Waals surface area contributed by atoms with Crippen LogP contribution in [0.1, 0.15) is 23.0 Å². The number of benzene rings is 1. The summed E-state index contributed by atoms with van der Waals surface area (Å²) in [6.07, 6.45) is -3.74. The number of rotatable bonds is 7. The van der Waals surface area contributed by atoms with Gasteiger partial charge in [0.2, 0.25) is 0 Å². The molecule has 0 aliphatic heterocycles. The van der Waals surface area contributed by atoms with Gasteiger partial charge >= 0.3 is 12.2 Å². The first kappa shape index (κ1) is 21.1. The average molecular weight is 399 g/mol. The molecule has 2 aromatic rings. The number of urea groups is 1. The second-order valence-electron chi connectivity index (χ2n) is 5.66. The topological polar surface area (TPSA) is 97.3 Å². The molecule has 0 bridgehead atoms. The highest BCUT2D eigenvalue weighted by molar-refractivity contribution is 5.95. The molecule has 0 saturated carbocycles. The number of halogens is 3. The molecule has 2 rings (SSSR count). The number of aromatic nitrogens is 2. The first-order chi connectivity index (χ1) is 13.2. The number of anilines is 1. The molecule has 0 fully saturated rings. The van der Waals surface area contributed by atoms with Crippen molar-refractivity contribution in [1.29, 1.82) is 0 Å². The maximum absolute atomic E-state index is 12.9. The Bertz CT molecular complexity index is 818. The third-order valence-electron chi connectivity index (χ3n) is 3.46. The lowest BCUT2D eigenvalue weighted by Crippen LogP contribution is -2.37. The number of carbonyl (C=O) groups excluding carboxylic acids is 2. The third-order valence-corrected chi connectivity index (χ3v) is 3.46. The molecule has 1 aromatic carbocycles. The van der Waals surface area contributed by atoms with Crippen LogP contribution in [0.25, 0.3) is 0 Å². The van der Waals surface area contributed by atoms with Gasteiger partial charge in [-0.25, -0.2) is 4.79 Å². The number of alkyl halides is 3. The largest absolute Gasteiger partial charge is 0.494 e.